The molecule has 1 aliphatic carbocycles. The number of hydrogen-bond donors (Lipinski definition) is 4. The summed E-state index contributed by atoms with van der Waals surface area (Å²) in [7, 11) is 0. The predicted octanol–water partition coefficient (Wildman–Crippen LogP) is 1.82. The quantitative estimate of drug-likeness (QED) is 0.335. The number of Topliss-reactive ketones (excluding diaryl/α,β-unsaturated/α-hetero) is 1. The Kier molecular flexibility index (Phi) is 9.18. The molecule has 0 bridgehead atoms. The topological polar surface area (TPSA) is 145 Å². The normalized spacial score (nSPS) is 20.4. The largest absolute Gasteiger partial charge is 0.465 e. The summed E-state index contributed by atoms with van der Waals surface area (Å²) in [5.74, 6) is -6.38. The highest BCUT2D eigenvalue weighted by atomic mass is 19.3. The maximum Gasteiger partial charge on any atom is 0.405 e. The smallest absolute Gasteiger partial charge is 0.405 e. The van der Waals surface area contributed by atoms with Gasteiger partial charge in [-0.25, -0.2) is 13.6 Å². The van der Waals surface area contributed by atoms with Crippen molar-refractivity contribution in [3.05, 3.63) is 0 Å². The third-order valence-corrected chi connectivity index (χ3v) is 6.11. The number of rotatable bonds is 10. The van der Waals surface area contributed by atoms with Gasteiger partial charge in [-0.15, -0.1) is 0 Å². The van der Waals surface area contributed by atoms with E-state index in [1.165, 1.54) is 4.90 Å². The second-order valence-electron chi connectivity index (χ2n) is 10.6. The summed E-state index contributed by atoms with van der Waals surface area (Å²) < 4.78 is 27.0. The van der Waals surface area contributed by atoms with Crippen molar-refractivity contribution >= 4 is 29.6 Å². The van der Waals surface area contributed by atoms with Crippen molar-refractivity contribution in [2.24, 2.45) is 5.41 Å². The Morgan fingerprint density at radius 2 is 1.63 bits per heavy atom. The Morgan fingerprint density at radius 3 is 2.14 bits per heavy atom. The fourth-order valence-corrected chi connectivity index (χ4v) is 3.98. The average Bonchev–Trinajstić information content (AvgIpc) is 3.56. The molecule has 1 saturated heterocycles. The van der Waals surface area contributed by atoms with E-state index in [4.69, 9.17) is 0 Å². The van der Waals surface area contributed by atoms with Gasteiger partial charge in [0.1, 0.15) is 12.1 Å². The Morgan fingerprint density at radius 1 is 1.00 bits per heavy atom. The molecule has 0 radical (unpaired) electrons. The molecule has 0 aromatic rings. The molecule has 1 saturated carbocycles. The number of likely N-dealkylation sites (tertiary alicyclic amines) is 1. The van der Waals surface area contributed by atoms with Crippen LogP contribution in [-0.4, -0.2) is 76.2 Å². The summed E-state index contributed by atoms with van der Waals surface area (Å²) in [4.78, 5) is 64.0. The molecule has 1 aliphatic heterocycles. The fourth-order valence-electron chi connectivity index (χ4n) is 3.98. The summed E-state index contributed by atoms with van der Waals surface area (Å²) in [6, 6.07) is -3.76. The van der Waals surface area contributed by atoms with Crippen LogP contribution < -0.4 is 16.0 Å². The van der Waals surface area contributed by atoms with E-state index < -0.39 is 71.9 Å². The maximum absolute atomic E-state index is 13.5. The number of amides is 4. The van der Waals surface area contributed by atoms with Crippen molar-refractivity contribution in [1.29, 1.82) is 0 Å². The zero-order valence-electron chi connectivity index (χ0n) is 20.7. The van der Waals surface area contributed by atoms with Crippen molar-refractivity contribution in [2.45, 2.75) is 103 Å². The van der Waals surface area contributed by atoms with Crippen LogP contribution in [0.5, 0.6) is 0 Å². The van der Waals surface area contributed by atoms with E-state index in [-0.39, 0.29) is 19.0 Å². The Bertz CT molecular complexity index is 835. The highest BCUT2D eigenvalue weighted by Gasteiger charge is 2.42. The number of carboxylic acid groups (broad SMARTS) is 1. The van der Waals surface area contributed by atoms with E-state index in [1.54, 1.807) is 20.8 Å². The molecule has 35 heavy (non-hydrogen) atoms. The number of halogens is 2. The highest BCUT2D eigenvalue weighted by molar-refractivity contribution is 6.38. The SMILES string of the molecule is CC(F)(F)CC[C@H](NC(=O)[C@H]1CCCCN1C(=O)[C@@H](NC(=O)O)C(C)(C)C)C(=O)C(=O)NC1CC1. The minimum Gasteiger partial charge on any atom is -0.465 e. The first-order valence-corrected chi connectivity index (χ1v) is 11.9. The van der Waals surface area contributed by atoms with E-state index in [2.05, 4.69) is 16.0 Å². The average molecular weight is 503 g/mol. The van der Waals surface area contributed by atoms with Gasteiger partial charge >= 0.3 is 6.09 Å². The van der Waals surface area contributed by atoms with Crippen molar-refractivity contribution in [3.63, 3.8) is 0 Å². The van der Waals surface area contributed by atoms with Gasteiger partial charge in [-0.1, -0.05) is 20.8 Å². The zero-order chi connectivity index (χ0) is 26.6. The van der Waals surface area contributed by atoms with Crippen LogP contribution in [0, 0.1) is 5.41 Å². The summed E-state index contributed by atoms with van der Waals surface area (Å²) in [5, 5.41) is 16.3. The van der Waals surface area contributed by atoms with Crippen molar-refractivity contribution < 1.29 is 37.9 Å². The Hall–Kier alpha value is -2.79. The lowest BCUT2D eigenvalue weighted by atomic mass is 9.85. The van der Waals surface area contributed by atoms with Gasteiger partial charge in [-0.05, 0) is 50.9 Å². The van der Waals surface area contributed by atoms with Crippen LogP contribution in [-0.2, 0) is 19.2 Å². The molecular formula is C23H36F2N4O6. The molecule has 12 heteroatoms. The molecule has 4 amide bonds. The summed E-state index contributed by atoms with van der Waals surface area (Å²) in [6.07, 6.45) is 0.337. The molecule has 0 aromatic heterocycles. The number of alkyl halides is 2. The van der Waals surface area contributed by atoms with E-state index >= 15 is 0 Å². The molecule has 0 spiro atoms. The molecule has 4 N–H and O–H groups in total. The van der Waals surface area contributed by atoms with Gasteiger partial charge < -0.3 is 26.0 Å². The molecule has 1 heterocycles. The Balaban J connectivity index is 2.21. The third-order valence-electron chi connectivity index (χ3n) is 6.11. The van der Waals surface area contributed by atoms with Gasteiger partial charge in [0.25, 0.3) is 5.91 Å². The number of ketones is 1. The lowest BCUT2D eigenvalue weighted by Gasteiger charge is -2.40. The van der Waals surface area contributed by atoms with Crippen molar-refractivity contribution in [1.82, 2.24) is 20.9 Å². The number of nitrogens with one attached hydrogen (secondary N) is 3. The monoisotopic (exact) mass is 502 g/mol. The van der Waals surface area contributed by atoms with Crippen LogP contribution in [0.4, 0.5) is 13.6 Å². The molecule has 2 rings (SSSR count). The first kappa shape index (κ1) is 28.4. The van der Waals surface area contributed by atoms with Gasteiger partial charge in [0.05, 0.1) is 6.04 Å². The molecule has 0 aromatic carbocycles. The van der Waals surface area contributed by atoms with Crippen LogP contribution in [0.1, 0.15) is 72.6 Å². The highest BCUT2D eigenvalue weighted by Crippen LogP contribution is 2.26. The number of nitrogens with zero attached hydrogens (tertiary/aromatic N) is 1. The minimum atomic E-state index is -3.11. The molecule has 2 aliphatic rings. The van der Waals surface area contributed by atoms with Crippen LogP contribution in [0.15, 0.2) is 0 Å². The summed E-state index contributed by atoms with van der Waals surface area (Å²) in [5.41, 5.74) is -0.792. The predicted molar refractivity (Wildman–Crippen MR) is 122 cm³/mol. The van der Waals surface area contributed by atoms with E-state index in [9.17, 15) is 37.9 Å². The van der Waals surface area contributed by atoms with Gasteiger partial charge in [0.2, 0.25) is 23.5 Å². The second kappa shape index (κ2) is 11.3. The van der Waals surface area contributed by atoms with Gasteiger partial charge in [0.15, 0.2) is 0 Å². The number of hydrogen-bond acceptors (Lipinski definition) is 5. The first-order chi connectivity index (χ1) is 16.1. The van der Waals surface area contributed by atoms with E-state index in [0.717, 1.165) is 12.8 Å². The fraction of sp³-hybridized carbons (Fsp3) is 0.783. The maximum atomic E-state index is 13.5. The molecule has 10 nitrogen and oxygen atoms in total. The van der Waals surface area contributed by atoms with Gasteiger partial charge in [0, 0.05) is 19.0 Å². The number of carbonyl (C=O) groups is 5. The summed E-state index contributed by atoms with van der Waals surface area (Å²) >= 11 is 0. The lowest BCUT2D eigenvalue weighted by molar-refractivity contribution is -0.147. The second-order valence-corrected chi connectivity index (χ2v) is 10.6. The first-order valence-electron chi connectivity index (χ1n) is 11.9. The Labute approximate surface area is 203 Å². The number of piperidine rings is 1. The molecule has 2 fully saturated rings. The molecular weight excluding hydrogens is 466 g/mol. The van der Waals surface area contributed by atoms with Crippen LogP contribution in [0.25, 0.3) is 0 Å². The molecule has 198 valence electrons. The van der Waals surface area contributed by atoms with Gasteiger partial charge in [-0.2, -0.15) is 0 Å². The lowest BCUT2D eigenvalue weighted by Crippen LogP contribution is -2.61. The minimum absolute atomic E-state index is 0.127. The van der Waals surface area contributed by atoms with Crippen LogP contribution in [0.2, 0.25) is 0 Å². The zero-order valence-corrected chi connectivity index (χ0v) is 20.7. The third kappa shape index (κ3) is 8.74. The van der Waals surface area contributed by atoms with Crippen LogP contribution >= 0.6 is 0 Å². The molecule has 3 atom stereocenters. The van der Waals surface area contributed by atoms with Crippen molar-refractivity contribution in [3.8, 4) is 0 Å². The van der Waals surface area contributed by atoms with E-state index in [0.29, 0.717) is 19.8 Å². The summed E-state index contributed by atoms with van der Waals surface area (Å²) in [6.45, 7) is 5.93. The van der Waals surface area contributed by atoms with Crippen LogP contribution in [0.3, 0.4) is 0 Å². The van der Waals surface area contributed by atoms with Crippen molar-refractivity contribution in [2.75, 3.05) is 6.54 Å². The van der Waals surface area contributed by atoms with Gasteiger partial charge in [-0.3, -0.25) is 19.2 Å². The van der Waals surface area contributed by atoms with E-state index in [1.807, 2.05) is 0 Å². The molecule has 0 unspecified atom stereocenters. The number of carbonyl (C=O) groups excluding carboxylic acids is 4. The standard InChI is InChI=1S/C23H36F2N4O6/c1-22(2,3)17(28-21(34)35)20(33)29-12-6-5-7-15(29)18(31)27-14(10-11-23(4,24)25)16(30)19(32)26-13-8-9-13/h13-15,17,28H,5-12H2,1-4H3,(H,26,32)(H,27,31)(H,34,35)/t14-,15+,17+/m0/s1.